The van der Waals surface area contributed by atoms with Gasteiger partial charge in [0.1, 0.15) is 5.76 Å². The van der Waals surface area contributed by atoms with Crippen molar-refractivity contribution in [1.82, 2.24) is 4.68 Å². The van der Waals surface area contributed by atoms with Gasteiger partial charge >= 0.3 is 0 Å². The Morgan fingerprint density at radius 3 is 2.82 bits per heavy atom. The van der Waals surface area contributed by atoms with Gasteiger partial charge in [-0.05, 0) is 31.0 Å². The van der Waals surface area contributed by atoms with Crippen molar-refractivity contribution in [2.75, 3.05) is 6.54 Å². The molecule has 0 atom stereocenters. The number of benzene rings is 1. The fraction of sp³-hybridized carbons (Fsp3) is 0.176. The maximum Gasteiger partial charge on any atom is 0.205 e. The van der Waals surface area contributed by atoms with Crippen molar-refractivity contribution >= 4 is 17.6 Å². The van der Waals surface area contributed by atoms with E-state index in [1.807, 2.05) is 29.8 Å². The van der Waals surface area contributed by atoms with Crippen molar-refractivity contribution in [2.24, 2.45) is 10.1 Å². The second-order valence-corrected chi connectivity index (χ2v) is 5.69. The minimum absolute atomic E-state index is 0.730. The quantitative estimate of drug-likeness (QED) is 0.665. The van der Waals surface area contributed by atoms with Crippen LogP contribution in [0.1, 0.15) is 17.0 Å². The molecule has 0 saturated carbocycles. The van der Waals surface area contributed by atoms with Gasteiger partial charge < -0.3 is 4.42 Å². The van der Waals surface area contributed by atoms with Crippen molar-refractivity contribution in [3.05, 3.63) is 75.9 Å². The normalized spacial score (nSPS) is 12.3. The van der Waals surface area contributed by atoms with Crippen molar-refractivity contribution in [3.8, 4) is 0 Å². The fourth-order valence-electron chi connectivity index (χ4n) is 2.04. The molecule has 0 bridgehead atoms. The molecule has 5 heteroatoms. The van der Waals surface area contributed by atoms with Crippen LogP contribution in [-0.4, -0.2) is 17.4 Å². The zero-order chi connectivity index (χ0) is 15.2. The molecule has 0 fully saturated rings. The number of aromatic nitrogens is 1. The standard InChI is InChI=1S/C17H17N3OS/c1-14-13-22-17(18-10-9-15-6-3-2-4-7-15)20(14)19-12-16-8-5-11-21-16/h2-8,11-13H,9-10H2,1H3/b18-17?,19-12+. The first-order valence-electron chi connectivity index (χ1n) is 7.12. The molecule has 3 rings (SSSR count). The lowest BCUT2D eigenvalue weighted by atomic mass is 10.2. The molecule has 0 aliphatic rings. The molecule has 0 N–H and O–H groups in total. The Morgan fingerprint density at radius 1 is 1.18 bits per heavy atom. The molecule has 0 radical (unpaired) electrons. The van der Waals surface area contributed by atoms with Gasteiger partial charge in [-0.2, -0.15) is 5.10 Å². The van der Waals surface area contributed by atoms with Gasteiger partial charge in [-0.15, -0.1) is 11.3 Å². The van der Waals surface area contributed by atoms with Crippen molar-refractivity contribution < 1.29 is 4.42 Å². The molecule has 0 aliphatic carbocycles. The molecule has 1 aromatic carbocycles. The summed E-state index contributed by atoms with van der Waals surface area (Å²) >= 11 is 1.60. The highest BCUT2D eigenvalue weighted by atomic mass is 32.1. The van der Waals surface area contributed by atoms with E-state index in [0.29, 0.717) is 0 Å². The van der Waals surface area contributed by atoms with Crippen molar-refractivity contribution in [2.45, 2.75) is 13.3 Å². The Kier molecular flexibility index (Phi) is 4.65. The second-order valence-electron chi connectivity index (χ2n) is 4.85. The molecule has 2 aromatic heterocycles. The van der Waals surface area contributed by atoms with Crippen molar-refractivity contribution in [3.63, 3.8) is 0 Å². The predicted molar refractivity (Wildman–Crippen MR) is 89.3 cm³/mol. The molecular formula is C17H17N3OS. The Labute approximate surface area is 133 Å². The Bertz CT molecular complexity index is 798. The van der Waals surface area contributed by atoms with Gasteiger partial charge in [0.05, 0.1) is 18.2 Å². The lowest BCUT2D eigenvalue weighted by molar-refractivity contribution is 0.559. The van der Waals surface area contributed by atoms with E-state index in [0.717, 1.165) is 29.2 Å². The molecule has 0 amide bonds. The van der Waals surface area contributed by atoms with E-state index in [1.165, 1.54) is 5.56 Å². The second kappa shape index (κ2) is 7.04. The first-order chi connectivity index (χ1) is 10.8. The topological polar surface area (TPSA) is 42.8 Å². The summed E-state index contributed by atoms with van der Waals surface area (Å²) in [5.41, 5.74) is 2.36. The summed E-state index contributed by atoms with van der Waals surface area (Å²) < 4.78 is 7.11. The van der Waals surface area contributed by atoms with Crippen LogP contribution >= 0.6 is 11.3 Å². The van der Waals surface area contributed by atoms with Crippen LogP contribution in [0.4, 0.5) is 0 Å². The van der Waals surface area contributed by atoms with Gasteiger partial charge in [0.15, 0.2) is 0 Å². The third-order valence-corrected chi connectivity index (χ3v) is 4.16. The van der Waals surface area contributed by atoms with Gasteiger partial charge in [-0.1, -0.05) is 30.3 Å². The summed E-state index contributed by atoms with van der Waals surface area (Å²) in [7, 11) is 0. The van der Waals surface area contributed by atoms with E-state index >= 15 is 0 Å². The third kappa shape index (κ3) is 3.62. The molecule has 4 nitrogen and oxygen atoms in total. The molecule has 2 heterocycles. The molecule has 112 valence electrons. The van der Waals surface area contributed by atoms with E-state index in [-0.39, 0.29) is 0 Å². The summed E-state index contributed by atoms with van der Waals surface area (Å²) in [6.45, 7) is 2.77. The predicted octanol–water partition coefficient (Wildman–Crippen LogP) is 3.48. The molecule has 0 unspecified atom stereocenters. The molecule has 22 heavy (non-hydrogen) atoms. The summed E-state index contributed by atoms with van der Waals surface area (Å²) in [4.78, 5) is 5.56. The Morgan fingerprint density at radius 2 is 2.05 bits per heavy atom. The highest BCUT2D eigenvalue weighted by molar-refractivity contribution is 7.07. The van der Waals surface area contributed by atoms with E-state index in [9.17, 15) is 0 Å². The molecular weight excluding hydrogens is 294 g/mol. The van der Waals surface area contributed by atoms with Gasteiger partial charge in [-0.3, -0.25) is 4.99 Å². The molecule has 3 aromatic rings. The van der Waals surface area contributed by atoms with E-state index in [1.54, 1.807) is 23.8 Å². The van der Waals surface area contributed by atoms with Crippen LogP contribution in [-0.2, 0) is 6.42 Å². The van der Waals surface area contributed by atoms with Crippen LogP contribution in [0.3, 0.4) is 0 Å². The number of hydrogen-bond acceptors (Lipinski definition) is 4. The lowest BCUT2D eigenvalue weighted by Gasteiger charge is -1.98. The zero-order valence-electron chi connectivity index (χ0n) is 12.3. The minimum atomic E-state index is 0.730. The van der Waals surface area contributed by atoms with Gasteiger partial charge in [-0.25, -0.2) is 4.68 Å². The highest BCUT2D eigenvalue weighted by Gasteiger charge is 1.99. The largest absolute Gasteiger partial charge is 0.463 e. The fourth-order valence-corrected chi connectivity index (χ4v) is 2.87. The molecule has 0 aliphatic heterocycles. The number of aryl methyl sites for hydroxylation is 1. The molecule has 0 saturated heterocycles. The van der Waals surface area contributed by atoms with Crippen LogP contribution < -0.4 is 4.80 Å². The number of rotatable bonds is 5. The first-order valence-corrected chi connectivity index (χ1v) is 8.00. The van der Waals surface area contributed by atoms with E-state index in [4.69, 9.17) is 4.42 Å². The number of nitrogens with zero attached hydrogens (tertiary/aromatic N) is 3. The van der Waals surface area contributed by atoms with Crippen LogP contribution in [0.25, 0.3) is 0 Å². The SMILES string of the molecule is Cc1csc(=NCCc2ccccc2)n1/N=C/c1ccco1. The molecule has 0 spiro atoms. The lowest BCUT2D eigenvalue weighted by Crippen LogP contribution is -2.13. The van der Waals surface area contributed by atoms with E-state index in [2.05, 4.69) is 39.7 Å². The summed E-state index contributed by atoms with van der Waals surface area (Å²) in [6.07, 6.45) is 4.27. The average Bonchev–Trinajstić information content (AvgIpc) is 3.17. The third-order valence-electron chi connectivity index (χ3n) is 3.18. The minimum Gasteiger partial charge on any atom is -0.463 e. The van der Waals surface area contributed by atoms with Crippen LogP contribution in [0.15, 0.2) is 68.6 Å². The first kappa shape index (κ1) is 14.5. The van der Waals surface area contributed by atoms with Gasteiger partial charge in [0.25, 0.3) is 0 Å². The average molecular weight is 311 g/mol. The van der Waals surface area contributed by atoms with Crippen molar-refractivity contribution in [1.29, 1.82) is 0 Å². The van der Waals surface area contributed by atoms with Crippen LogP contribution in [0, 0.1) is 6.92 Å². The number of hydrogen-bond donors (Lipinski definition) is 0. The number of furan rings is 1. The maximum atomic E-state index is 5.26. The Balaban J connectivity index is 1.75. The van der Waals surface area contributed by atoms with Crippen LogP contribution in [0.5, 0.6) is 0 Å². The smallest absolute Gasteiger partial charge is 0.205 e. The monoisotopic (exact) mass is 311 g/mol. The Hall–Kier alpha value is -2.40. The summed E-state index contributed by atoms with van der Waals surface area (Å²) in [5.74, 6) is 0.730. The maximum absolute atomic E-state index is 5.26. The number of thiazole rings is 1. The zero-order valence-corrected chi connectivity index (χ0v) is 13.2. The highest BCUT2D eigenvalue weighted by Crippen LogP contribution is 2.02. The summed E-state index contributed by atoms with van der Waals surface area (Å²) in [5, 5.41) is 6.50. The van der Waals surface area contributed by atoms with Gasteiger partial charge in [0, 0.05) is 11.9 Å². The summed E-state index contributed by atoms with van der Waals surface area (Å²) in [6, 6.07) is 14.1. The van der Waals surface area contributed by atoms with E-state index < -0.39 is 0 Å². The van der Waals surface area contributed by atoms with Gasteiger partial charge in [0.2, 0.25) is 4.80 Å². The van der Waals surface area contributed by atoms with Crippen LogP contribution in [0.2, 0.25) is 0 Å².